The number of carbonyl (C=O) groups is 6. The Morgan fingerprint density at radius 2 is 0.640 bits per heavy atom. The predicted molar refractivity (Wildman–Crippen MR) is 386 cm³/mol. The fourth-order valence-corrected chi connectivity index (χ4v) is 17.0. The monoisotopic (exact) mass is 1360 g/mol. The van der Waals surface area contributed by atoms with Crippen LogP contribution in [0.4, 0.5) is 44.1 Å². The van der Waals surface area contributed by atoms with Crippen LogP contribution in [0.15, 0.2) is 128 Å². The number of carbonyl (C=O) groups excluding carboxylic acids is 6. The summed E-state index contributed by atoms with van der Waals surface area (Å²) in [6.07, 6.45) is 17.1. The molecule has 0 atom stereocenters. The van der Waals surface area contributed by atoms with Gasteiger partial charge in [0.1, 0.15) is 28.7 Å². The summed E-state index contributed by atoms with van der Waals surface area (Å²) in [4.78, 5) is 97.7. The second-order valence-corrected chi connectivity index (χ2v) is 29.8. The van der Waals surface area contributed by atoms with Crippen molar-refractivity contribution in [1.29, 1.82) is 0 Å². The van der Waals surface area contributed by atoms with E-state index in [1.807, 2.05) is 78.9 Å². The number of para-hydroxylation sites is 3. The number of hydrogen-bond acceptors (Lipinski definition) is 17. The quantitative estimate of drug-likeness (QED) is 0.0828. The Bertz CT molecular complexity index is 3560. The van der Waals surface area contributed by atoms with Crippen LogP contribution in [0.5, 0.6) is 0 Å². The van der Waals surface area contributed by atoms with E-state index in [0.29, 0.717) is 18.7 Å². The van der Waals surface area contributed by atoms with E-state index in [1.165, 1.54) is 16.7 Å². The van der Waals surface area contributed by atoms with Gasteiger partial charge in [0.15, 0.2) is 0 Å². The van der Waals surface area contributed by atoms with Gasteiger partial charge in [-0.15, -0.1) is 0 Å². The number of benzene rings is 3. The molecule has 6 spiro atoms. The first-order valence-electron chi connectivity index (χ1n) is 35.7. The van der Waals surface area contributed by atoms with Gasteiger partial charge in [-0.1, -0.05) is 66.7 Å². The van der Waals surface area contributed by atoms with Crippen LogP contribution in [0.3, 0.4) is 0 Å². The molecule has 6 amide bonds. The smallest absolute Gasteiger partial charge is 0.413 e. The summed E-state index contributed by atoms with van der Waals surface area (Å²) in [6, 6.07) is 36.2. The Labute approximate surface area is 586 Å². The lowest BCUT2D eigenvalue weighted by molar-refractivity contribution is -0.123. The molecule has 6 aromatic rings. The number of likely N-dealkylation sites (tertiary alicyclic amines) is 6. The number of amides is 6. The number of pyridine rings is 3. The van der Waals surface area contributed by atoms with Crippen molar-refractivity contribution in [2.75, 3.05) is 153 Å². The van der Waals surface area contributed by atoms with Gasteiger partial charge in [-0.25, -0.2) is 24.5 Å². The SMILES string of the molecule is CN1CCC2(CC1)C(=O)Nc1ccccc12.CN1CCC2(CC1)C(=O)Nc1ncccc12.CN1CCC2(CC1)CC(=O)Nc1ccccc12.CN1CCC2(CC1)CC(=O)Nc1ncccc12.CN1CCC2(CC1)OC(=O)Nc1ccccc12.CN1CCC2(CC1)OC(=O)Nc1ncccc12. The van der Waals surface area contributed by atoms with Crippen LogP contribution in [0.25, 0.3) is 0 Å². The molecule has 6 fully saturated rings. The van der Waals surface area contributed by atoms with E-state index in [2.05, 4.69) is 149 Å². The van der Waals surface area contributed by atoms with Crippen molar-refractivity contribution in [3.8, 4) is 0 Å². The third kappa shape index (κ3) is 14.2. The van der Waals surface area contributed by atoms with Gasteiger partial charge >= 0.3 is 12.2 Å². The third-order valence-corrected chi connectivity index (χ3v) is 23.4. The molecule has 0 aliphatic carbocycles. The summed E-state index contributed by atoms with van der Waals surface area (Å²) in [5.74, 6) is 2.80. The molecule has 100 heavy (non-hydrogen) atoms. The summed E-state index contributed by atoms with van der Waals surface area (Å²) in [5.41, 5.74) is 8.59. The highest BCUT2D eigenvalue weighted by Gasteiger charge is 2.51. The van der Waals surface area contributed by atoms with E-state index in [-0.39, 0.29) is 57.5 Å². The standard InChI is InChI=1S/C14H18N2O.C13H17N3O.C13H16N2O2.C13H16N2O.C12H15N3O2.C12H15N3O/c1-16-8-6-14(7-9-16)10-13(17)15-12-5-3-2-4-11(12)14;1-16-7-4-13(5-8-16)9-11(17)15-12-10(13)3-2-6-14-12;1-15-8-6-13(7-9-15)10-4-2-3-5-11(10)14-12(16)17-13;1-15-8-6-13(7-9-15)10-4-2-3-5-11(10)14-12(13)16;1-15-7-4-12(5-8-15)9-3-2-6-13-10(9)14-11(16)17-12;1-15-7-4-12(5-8-15)9-3-2-6-13-10(9)14-11(12)16/h2-5H,6-10H2,1H3,(H,15,17);2-3,6H,4-5,7-9H2,1H3,(H,14,15,17);2-5H,6-9H2,1H3,(H,14,16);2-5H,6-9H2,1H3,(H,14,16);2-3,6H,4-5,7-8H2,1H3,(H,13,14,16);2-3,6H,4-5,7-8H2,1H3,(H,13,14,16). The molecule has 23 nitrogen and oxygen atoms in total. The Morgan fingerprint density at radius 3 is 1.15 bits per heavy atom. The van der Waals surface area contributed by atoms with Crippen molar-refractivity contribution < 1.29 is 38.2 Å². The molecule has 528 valence electrons. The largest absolute Gasteiger partial charge is 0.438 e. The van der Waals surface area contributed by atoms with E-state index in [1.54, 1.807) is 18.6 Å². The van der Waals surface area contributed by atoms with Crippen LogP contribution in [-0.4, -0.2) is 201 Å². The molecule has 6 N–H and O–H groups in total. The van der Waals surface area contributed by atoms with E-state index >= 15 is 0 Å². The van der Waals surface area contributed by atoms with Gasteiger partial charge in [0, 0.05) is 128 Å². The highest BCUT2D eigenvalue weighted by atomic mass is 16.6. The second kappa shape index (κ2) is 29.1. The van der Waals surface area contributed by atoms with Crippen molar-refractivity contribution in [2.24, 2.45) is 0 Å². The molecular formula is C77H97N15O8. The minimum atomic E-state index is -0.474. The molecule has 3 aromatic heterocycles. The molecule has 23 heteroatoms. The fourth-order valence-electron chi connectivity index (χ4n) is 17.0. The van der Waals surface area contributed by atoms with Crippen LogP contribution in [0.1, 0.15) is 123 Å². The van der Waals surface area contributed by atoms with Gasteiger partial charge in [-0.3, -0.25) is 29.8 Å². The molecule has 15 heterocycles. The summed E-state index contributed by atoms with van der Waals surface area (Å²) < 4.78 is 11.2. The zero-order chi connectivity index (χ0) is 69.9. The maximum Gasteiger partial charge on any atom is 0.413 e. The molecule has 12 aliphatic rings. The molecular weight excluding hydrogens is 1260 g/mol. The Kier molecular flexibility index (Phi) is 20.3. The van der Waals surface area contributed by atoms with Gasteiger partial charge in [0.25, 0.3) is 0 Å². The Balaban J connectivity index is 0.000000108. The minimum Gasteiger partial charge on any atom is -0.438 e. The Morgan fingerprint density at radius 1 is 0.310 bits per heavy atom. The van der Waals surface area contributed by atoms with Crippen LogP contribution >= 0.6 is 0 Å². The molecule has 12 aliphatic heterocycles. The number of anilines is 6. The van der Waals surface area contributed by atoms with Gasteiger partial charge in [-0.2, -0.15) is 0 Å². The maximum atomic E-state index is 12.2. The summed E-state index contributed by atoms with van der Waals surface area (Å²) in [5, 5.41) is 17.2. The number of nitrogens with zero attached hydrogens (tertiary/aromatic N) is 9. The second-order valence-electron chi connectivity index (χ2n) is 29.8. The summed E-state index contributed by atoms with van der Waals surface area (Å²) >= 11 is 0. The lowest BCUT2D eigenvalue weighted by Crippen LogP contribution is -2.47. The molecule has 0 radical (unpaired) electrons. The average molecular weight is 1360 g/mol. The van der Waals surface area contributed by atoms with Crippen LogP contribution in [0, 0.1) is 0 Å². The van der Waals surface area contributed by atoms with Gasteiger partial charge < -0.3 is 60.1 Å². The number of ether oxygens (including phenoxy) is 2. The van der Waals surface area contributed by atoms with E-state index in [4.69, 9.17) is 9.47 Å². The maximum absolute atomic E-state index is 12.2. The van der Waals surface area contributed by atoms with Crippen LogP contribution < -0.4 is 31.9 Å². The molecule has 0 unspecified atom stereocenters. The summed E-state index contributed by atoms with van der Waals surface area (Å²) in [7, 11) is 12.7. The lowest BCUT2D eigenvalue weighted by Gasteiger charge is -2.44. The minimum absolute atomic E-state index is 0.0262. The normalized spacial score (nSPS) is 23.1. The first-order valence-corrected chi connectivity index (χ1v) is 35.7. The van der Waals surface area contributed by atoms with E-state index < -0.39 is 11.2 Å². The van der Waals surface area contributed by atoms with Crippen LogP contribution in [-0.2, 0) is 61.5 Å². The first kappa shape index (κ1) is 69.8. The number of piperidine rings is 6. The highest BCUT2D eigenvalue weighted by Crippen LogP contribution is 2.49. The molecule has 18 rings (SSSR count). The molecule has 3 aromatic carbocycles. The predicted octanol–water partition coefficient (Wildman–Crippen LogP) is 9.71. The van der Waals surface area contributed by atoms with Crippen molar-refractivity contribution in [2.45, 2.75) is 123 Å². The van der Waals surface area contributed by atoms with Crippen molar-refractivity contribution in [3.63, 3.8) is 0 Å². The lowest BCUT2D eigenvalue weighted by atomic mass is 9.68. The van der Waals surface area contributed by atoms with Crippen LogP contribution in [0.2, 0.25) is 0 Å². The van der Waals surface area contributed by atoms with Crippen molar-refractivity contribution >= 4 is 70.3 Å². The highest BCUT2D eigenvalue weighted by molar-refractivity contribution is 6.07. The van der Waals surface area contributed by atoms with Crippen molar-refractivity contribution in [1.82, 2.24) is 44.4 Å². The van der Waals surface area contributed by atoms with Gasteiger partial charge in [-0.05, 0) is 200 Å². The molecule has 6 saturated heterocycles. The van der Waals surface area contributed by atoms with Gasteiger partial charge in [0.2, 0.25) is 23.6 Å². The number of aromatic nitrogens is 3. The fraction of sp³-hybridized carbons (Fsp3) is 0.494. The summed E-state index contributed by atoms with van der Waals surface area (Å²) in [6.45, 7) is 12.0. The zero-order valence-corrected chi connectivity index (χ0v) is 58.8. The van der Waals surface area contributed by atoms with E-state index in [0.717, 1.165) is 201 Å². The average Bonchev–Trinajstić information content (AvgIpc) is 1.46. The number of rotatable bonds is 0. The third-order valence-electron chi connectivity index (χ3n) is 23.4. The molecule has 0 saturated carbocycles. The zero-order valence-electron chi connectivity index (χ0n) is 58.8. The Hall–Kier alpha value is -8.71. The number of fused-ring (bicyclic) bond motifs is 12. The first-order chi connectivity index (χ1) is 48.2. The molecule has 0 bridgehead atoms. The topological polar surface area (TPSA) is 251 Å². The van der Waals surface area contributed by atoms with E-state index in [9.17, 15) is 28.8 Å². The number of hydrogen-bond donors (Lipinski definition) is 6. The van der Waals surface area contributed by atoms with Gasteiger partial charge in [0.05, 0.1) is 16.5 Å². The number of nitrogens with one attached hydrogen (secondary N) is 6. The van der Waals surface area contributed by atoms with Crippen molar-refractivity contribution in [3.05, 3.63) is 161 Å².